The molecule has 168 valence electrons. The van der Waals surface area contributed by atoms with Crippen LogP contribution < -0.4 is 15.2 Å². The zero-order chi connectivity index (χ0) is 22.4. The molecule has 0 radical (unpaired) electrons. The number of rotatable bonds is 9. The second-order valence-electron chi connectivity index (χ2n) is 8.11. The highest BCUT2D eigenvalue weighted by atomic mass is 16.5. The van der Waals surface area contributed by atoms with Crippen molar-refractivity contribution in [2.45, 2.75) is 25.6 Å². The van der Waals surface area contributed by atoms with E-state index in [4.69, 9.17) is 15.2 Å². The number of ether oxygens (including phenoxy) is 2. The molecule has 1 aliphatic rings. The average molecular weight is 428 g/mol. The number of piperazine rings is 1. The van der Waals surface area contributed by atoms with E-state index in [-0.39, 0.29) is 6.61 Å². The highest BCUT2D eigenvalue weighted by Crippen LogP contribution is 2.29. The molecule has 1 saturated heterocycles. The van der Waals surface area contributed by atoms with Gasteiger partial charge in [0.2, 0.25) is 0 Å². The average Bonchev–Trinajstić information content (AvgIpc) is 2.78. The van der Waals surface area contributed by atoms with Crippen LogP contribution in [0.3, 0.4) is 0 Å². The van der Waals surface area contributed by atoms with Crippen molar-refractivity contribution in [3.8, 4) is 11.5 Å². The third kappa shape index (κ3) is 5.25. The fourth-order valence-electron chi connectivity index (χ4n) is 4.31. The van der Waals surface area contributed by atoms with Crippen LogP contribution in [0.15, 0.2) is 42.5 Å². The molecule has 0 aromatic heterocycles. The molecule has 0 aliphatic carbocycles. The Labute approximate surface area is 184 Å². The topological polar surface area (TPSA) is 88.3 Å². The van der Waals surface area contributed by atoms with Crippen molar-refractivity contribution in [2.75, 3.05) is 46.4 Å². The number of benzene rings is 2. The summed E-state index contributed by atoms with van der Waals surface area (Å²) >= 11 is 0. The van der Waals surface area contributed by atoms with Crippen LogP contribution in [0.4, 0.5) is 0 Å². The minimum absolute atomic E-state index is 0.179. The Balaban J connectivity index is 1.55. The van der Waals surface area contributed by atoms with Gasteiger partial charge in [-0.1, -0.05) is 30.3 Å². The summed E-state index contributed by atoms with van der Waals surface area (Å²) in [7, 11) is 1.59. The number of nitrogens with two attached hydrogens (primary N) is 1. The molecule has 0 amide bonds. The van der Waals surface area contributed by atoms with Crippen LogP contribution in [0.1, 0.15) is 16.7 Å². The van der Waals surface area contributed by atoms with Gasteiger partial charge in [0.15, 0.2) is 23.4 Å². The van der Waals surface area contributed by atoms with Crippen LogP contribution >= 0.6 is 0 Å². The summed E-state index contributed by atoms with van der Waals surface area (Å²) in [6.07, 6.45) is 0.220. The van der Waals surface area contributed by atoms with E-state index in [1.165, 1.54) is 0 Å². The number of aliphatic hydroxyl groups is 1. The molecule has 1 heterocycles. The summed E-state index contributed by atoms with van der Waals surface area (Å²) in [6, 6.07) is 13.3. The van der Waals surface area contributed by atoms with Gasteiger partial charge in [-0.25, -0.2) is 0 Å². The maximum absolute atomic E-state index is 12.1. The minimum Gasteiger partial charge on any atom is -0.493 e. The fourth-order valence-corrected chi connectivity index (χ4v) is 4.31. The van der Waals surface area contributed by atoms with Gasteiger partial charge in [-0.15, -0.1) is 0 Å². The van der Waals surface area contributed by atoms with Crippen LogP contribution in [0.25, 0.3) is 0 Å². The maximum Gasteiger partial charge on any atom is 0.161 e. The van der Waals surface area contributed by atoms with Crippen LogP contribution in [-0.4, -0.2) is 73.7 Å². The number of aliphatic hydroxyl groups excluding tert-OH is 1. The molecule has 1 aliphatic heterocycles. The lowest BCUT2D eigenvalue weighted by atomic mass is 9.90. The Morgan fingerprint density at radius 2 is 1.68 bits per heavy atom. The first-order valence-corrected chi connectivity index (χ1v) is 10.6. The molecule has 7 heteroatoms. The number of para-hydroxylation sites is 2. The van der Waals surface area contributed by atoms with E-state index in [1.807, 2.05) is 61.2 Å². The Hall–Kier alpha value is -2.45. The summed E-state index contributed by atoms with van der Waals surface area (Å²) in [5, 5.41) is 10.4. The van der Waals surface area contributed by atoms with Crippen molar-refractivity contribution in [1.82, 2.24) is 9.80 Å². The molecular weight excluding hydrogens is 394 g/mol. The van der Waals surface area contributed by atoms with Gasteiger partial charge < -0.3 is 20.3 Å². The van der Waals surface area contributed by atoms with E-state index in [0.717, 1.165) is 23.0 Å². The normalized spacial score (nSPS) is 18.2. The van der Waals surface area contributed by atoms with E-state index < -0.39 is 11.8 Å². The number of hydrogen-bond donors (Lipinski definition) is 2. The zero-order valence-electron chi connectivity index (χ0n) is 18.6. The SMILES string of the molecule is COc1ccccc1OCC(O)CN1CCN(C(N)(C=O)c2c(C)cccc2C)CC1. The van der Waals surface area contributed by atoms with Gasteiger partial charge in [-0.2, -0.15) is 0 Å². The number of carbonyl (C=O) groups is 1. The highest BCUT2D eigenvalue weighted by Gasteiger charge is 2.38. The maximum atomic E-state index is 12.1. The van der Waals surface area contributed by atoms with Crippen LogP contribution in [0.5, 0.6) is 11.5 Å². The summed E-state index contributed by atoms with van der Waals surface area (Å²) in [4.78, 5) is 16.3. The Kier molecular flexibility index (Phi) is 7.67. The lowest BCUT2D eigenvalue weighted by Crippen LogP contribution is -2.61. The van der Waals surface area contributed by atoms with E-state index in [2.05, 4.69) is 4.90 Å². The van der Waals surface area contributed by atoms with Gasteiger partial charge >= 0.3 is 0 Å². The summed E-state index contributed by atoms with van der Waals surface area (Å²) in [6.45, 7) is 7.35. The predicted molar refractivity (Wildman–Crippen MR) is 120 cm³/mol. The van der Waals surface area contributed by atoms with Crippen molar-refractivity contribution >= 4 is 6.29 Å². The van der Waals surface area contributed by atoms with Gasteiger partial charge in [0.05, 0.1) is 7.11 Å². The lowest BCUT2D eigenvalue weighted by molar-refractivity contribution is -0.121. The Morgan fingerprint density at radius 1 is 1.06 bits per heavy atom. The number of methoxy groups -OCH3 is 1. The Bertz CT molecular complexity index is 863. The number of hydrogen-bond acceptors (Lipinski definition) is 7. The molecule has 0 saturated carbocycles. The summed E-state index contributed by atoms with van der Waals surface area (Å²) in [5.74, 6) is 1.25. The largest absolute Gasteiger partial charge is 0.493 e. The number of aldehydes is 1. The number of carbonyl (C=O) groups excluding carboxylic acids is 1. The first-order valence-electron chi connectivity index (χ1n) is 10.6. The summed E-state index contributed by atoms with van der Waals surface area (Å²) in [5.41, 5.74) is 8.40. The molecule has 3 rings (SSSR count). The molecule has 0 spiro atoms. The van der Waals surface area contributed by atoms with Gasteiger partial charge in [-0.05, 0) is 42.7 Å². The van der Waals surface area contributed by atoms with E-state index >= 15 is 0 Å². The smallest absolute Gasteiger partial charge is 0.161 e. The lowest BCUT2D eigenvalue weighted by Gasteiger charge is -2.44. The van der Waals surface area contributed by atoms with Gasteiger partial charge in [0.25, 0.3) is 0 Å². The first kappa shape index (κ1) is 23.2. The molecule has 1 fully saturated rings. The zero-order valence-corrected chi connectivity index (χ0v) is 18.6. The second-order valence-corrected chi connectivity index (χ2v) is 8.11. The molecule has 2 aromatic rings. The van der Waals surface area contributed by atoms with Crippen molar-refractivity contribution in [3.05, 3.63) is 59.2 Å². The van der Waals surface area contributed by atoms with Gasteiger partial charge in [-0.3, -0.25) is 14.6 Å². The third-order valence-corrected chi connectivity index (χ3v) is 5.93. The Morgan fingerprint density at radius 3 is 2.26 bits per heavy atom. The number of β-amino-alcohol motifs (C(OH)–C–C–N with tert-alkyl or cyclic N) is 1. The number of nitrogens with zero attached hydrogens (tertiary/aromatic N) is 2. The molecule has 2 atom stereocenters. The quantitative estimate of drug-likeness (QED) is 0.589. The first-order chi connectivity index (χ1) is 14.9. The van der Waals surface area contributed by atoms with Gasteiger partial charge in [0.1, 0.15) is 12.7 Å². The minimum atomic E-state index is -1.15. The molecule has 0 bridgehead atoms. The monoisotopic (exact) mass is 427 g/mol. The van der Waals surface area contributed by atoms with E-state index in [9.17, 15) is 9.90 Å². The molecule has 7 nitrogen and oxygen atoms in total. The van der Waals surface area contributed by atoms with Gasteiger partial charge in [0, 0.05) is 32.7 Å². The molecule has 2 aromatic carbocycles. The van der Waals surface area contributed by atoms with Crippen molar-refractivity contribution in [3.63, 3.8) is 0 Å². The fraction of sp³-hybridized carbons (Fsp3) is 0.458. The van der Waals surface area contributed by atoms with Crippen LogP contribution in [-0.2, 0) is 10.5 Å². The molecular formula is C24H33N3O4. The van der Waals surface area contributed by atoms with Crippen molar-refractivity contribution in [1.29, 1.82) is 0 Å². The molecule has 31 heavy (non-hydrogen) atoms. The van der Waals surface area contributed by atoms with E-state index in [1.54, 1.807) is 7.11 Å². The van der Waals surface area contributed by atoms with Crippen molar-refractivity contribution < 1.29 is 19.4 Å². The predicted octanol–water partition coefficient (Wildman–Crippen LogP) is 1.68. The number of aryl methyl sites for hydroxylation is 2. The second kappa shape index (κ2) is 10.2. The third-order valence-electron chi connectivity index (χ3n) is 5.93. The molecule has 3 N–H and O–H groups in total. The van der Waals surface area contributed by atoms with Crippen LogP contribution in [0, 0.1) is 13.8 Å². The highest BCUT2D eigenvalue weighted by molar-refractivity contribution is 5.69. The summed E-state index contributed by atoms with van der Waals surface area (Å²) < 4.78 is 11.0. The van der Waals surface area contributed by atoms with E-state index in [0.29, 0.717) is 44.2 Å². The molecule has 2 unspecified atom stereocenters. The van der Waals surface area contributed by atoms with Crippen molar-refractivity contribution in [2.24, 2.45) is 5.73 Å². The van der Waals surface area contributed by atoms with Crippen LogP contribution in [0.2, 0.25) is 0 Å². The standard InChI is InChI=1S/C24H33N3O4/c1-18-7-6-8-19(2)23(18)24(25,17-28)27-13-11-26(12-14-27)15-20(29)16-31-22-10-5-4-9-21(22)30-3/h4-10,17,20,29H,11-16,25H2,1-3H3.